The minimum absolute atomic E-state index is 0.0662. The van der Waals surface area contributed by atoms with Gasteiger partial charge in [0.1, 0.15) is 12.2 Å². The van der Waals surface area contributed by atoms with Crippen LogP contribution >= 0.6 is 0 Å². The third-order valence-electron chi connectivity index (χ3n) is 8.94. The fraction of sp³-hybridized carbons (Fsp3) is 0.778. The minimum atomic E-state index is -0.754. The lowest BCUT2D eigenvalue weighted by Crippen LogP contribution is -2.56. The SMILES string of the molecule is C=C1[C@@H](OC(C)=O)C[C@H](O)[C@@]2(C)C[C@H](O)C3=C(C)C[C@H](OC(=O)C(C)CC)[C@@H](C[C@H]12)C3(C)C. The molecule has 0 heterocycles. The van der Waals surface area contributed by atoms with E-state index in [1.54, 1.807) is 0 Å². The zero-order chi connectivity index (χ0) is 24.9. The van der Waals surface area contributed by atoms with Gasteiger partial charge in [-0.2, -0.15) is 0 Å². The molecule has 0 saturated heterocycles. The van der Waals surface area contributed by atoms with Gasteiger partial charge in [-0.3, -0.25) is 9.59 Å². The summed E-state index contributed by atoms with van der Waals surface area (Å²) >= 11 is 0. The summed E-state index contributed by atoms with van der Waals surface area (Å²) in [6.45, 7) is 17.8. The molecule has 3 aliphatic carbocycles. The van der Waals surface area contributed by atoms with Crippen LogP contribution in [0.5, 0.6) is 0 Å². The van der Waals surface area contributed by atoms with Crippen LogP contribution in [0, 0.1) is 28.6 Å². The van der Waals surface area contributed by atoms with E-state index >= 15 is 0 Å². The van der Waals surface area contributed by atoms with Crippen LogP contribution < -0.4 is 0 Å². The third-order valence-corrected chi connectivity index (χ3v) is 8.94. The molecule has 2 bridgehead atoms. The summed E-state index contributed by atoms with van der Waals surface area (Å²) in [4.78, 5) is 24.5. The van der Waals surface area contributed by atoms with Crippen molar-refractivity contribution < 1.29 is 29.3 Å². The maximum atomic E-state index is 12.8. The van der Waals surface area contributed by atoms with E-state index in [0.717, 1.165) is 16.7 Å². The molecule has 0 aromatic rings. The normalized spacial score (nSPS) is 39.1. The standard InChI is InChI=1S/C27H42O6/c1-9-14(2)25(31)33-22-10-15(3)24-20(29)13-27(8)18(11-19(22)26(24,6)7)16(4)21(12-23(27)30)32-17(5)28/h14,18-23,29-30H,4,9-13H2,1-3,5-8H3/t14?,18-,19-,20+,21+,22+,23+,27+/m1/s1. The molecule has 3 rings (SSSR count). The molecular weight excluding hydrogens is 420 g/mol. The first-order chi connectivity index (χ1) is 15.2. The molecule has 33 heavy (non-hydrogen) atoms. The summed E-state index contributed by atoms with van der Waals surface area (Å²) in [5, 5.41) is 22.7. The van der Waals surface area contributed by atoms with Crippen LogP contribution in [0.4, 0.5) is 0 Å². The van der Waals surface area contributed by atoms with E-state index in [1.807, 2.05) is 27.7 Å². The molecule has 6 nitrogen and oxygen atoms in total. The van der Waals surface area contributed by atoms with Crippen LogP contribution in [0.25, 0.3) is 0 Å². The van der Waals surface area contributed by atoms with Crippen molar-refractivity contribution in [3.05, 3.63) is 23.3 Å². The van der Waals surface area contributed by atoms with Gasteiger partial charge in [0.05, 0.1) is 18.1 Å². The fourth-order valence-electron chi connectivity index (χ4n) is 6.78. The zero-order valence-electron chi connectivity index (χ0n) is 21.3. The van der Waals surface area contributed by atoms with E-state index in [9.17, 15) is 19.8 Å². The van der Waals surface area contributed by atoms with Gasteiger partial charge in [-0.15, -0.1) is 0 Å². The highest BCUT2D eigenvalue weighted by molar-refractivity contribution is 5.72. The Balaban J connectivity index is 2.07. The summed E-state index contributed by atoms with van der Waals surface area (Å²) in [6, 6.07) is 0. The monoisotopic (exact) mass is 462 g/mol. The maximum Gasteiger partial charge on any atom is 0.308 e. The van der Waals surface area contributed by atoms with Crippen molar-refractivity contribution in [2.75, 3.05) is 0 Å². The van der Waals surface area contributed by atoms with E-state index < -0.39 is 35.1 Å². The quantitative estimate of drug-likeness (QED) is 0.477. The first-order valence-electron chi connectivity index (χ1n) is 12.4. The van der Waals surface area contributed by atoms with E-state index in [-0.39, 0.29) is 36.2 Å². The highest BCUT2D eigenvalue weighted by atomic mass is 16.5. The van der Waals surface area contributed by atoms with Crippen LogP contribution in [-0.2, 0) is 19.1 Å². The molecule has 3 aliphatic rings. The molecule has 2 fully saturated rings. The topological polar surface area (TPSA) is 93.1 Å². The second kappa shape index (κ2) is 9.18. The molecule has 186 valence electrons. The molecule has 2 N–H and O–H groups in total. The Hall–Kier alpha value is -1.66. The number of aliphatic hydroxyl groups is 2. The molecule has 0 spiro atoms. The predicted molar refractivity (Wildman–Crippen MR) is 126 cm³/mol. The Morgan fingerprint density at radius 3 is 2.39 bits per heavy atom. The Bertz CT molecular complexity index is 842. The highest BCUT2D eigenvalue weighted by Gasteiger charge is 2.57. The summed E-state index contributed by atoms with van der Waals surface area (Å²) < 4.78 is 11.6. The van der Waals surface area contributed by atoms with Crippen molar-refractivity contribution in [1.82, 2.24) is 0 Å². The second-order valence-corrected chi connectivity index (χ2v) is 11.4. The molecule has 0 radical (unpaired) electrons. The lowest BCUT2D eigenvalue weighted by molar-refractivity contribution is -0.165. The number of hydrogen-bond donors (Lipinski definition) is 2. The van der Waals surface area contributed by atoms with Gasteiger partial charge in [-0.25, -0.2) is 0 Å². The zero-order valence-corrected chi connectivity index (χ0v) is 21.3. The largest absolute Gasteiger partial charge is 0.461 e. The maximum absolute atomic E-state index is 12.8. The molecule has 6 heteroatoms. The third kappa shape index (κ3) is 4.53. The smallest absolute Gasteiger partial charge is 0.308 e. The summed E-state index contributed by atoms with van der Waals surface area (Å²) in [5.74, 6) is -1.02. The molecule has 2 saturated carbocycles. The van der Waals surface area contributed by atoms with Gasteiger partial charge < -0.3 is 19.7 Å². The second-order valence-electron chi connectivity index (χ2n) is 11.4. The number of esters is 2. The van der Waals surface area contributed by atoms with Crippen LogP contribution in [-0.4, -0.2) is 46.6 Å². The van der Waals surface area contributed by atoms with Gasteiger partial charge in [0, 0.05) is 31.1 Å². The Kier molecular flexibility index (Phi) is 7.22. The van der Waals surface area contributed by atoms with Gasteiger partial charge >= 0.3 is 11.9 Å². The van der Waals surface area contributed by atoms with Crippen molar-refractivity contribution >= 4 is 11.9 Å². The average molecular weight is 463 g/mol. The Morgan fingerprint density at radius 2 is 1.82 bits per heavy atom. The molecular formula is C27H42O6. The average Bonchev–Trinajstić information content (AvgIpc) is 2.69. The number of hydrogen-bond acceptors (Lipinski definition) is 6. The Morgan fingerprint density at radius 1 is 1.18 bits per heavy atom. The van der Waals surface area contributed by atoms with Crippen molar-refractivity contribution in [2.24, 2.45) is 28.6 Å². The molecule has 1 unspecified atom stereocenters. The van der Waals surface area contributed by atoms with E-state index in [0.29, 0.717) is 25.7 Å². The van der Waals surface area contributed by atoms with Gasteiger partial charge in [0.2, 0.25) is 0 Å². The van der Waals surface area contributed by atoms with E-state index in [4.69, 9.17) is 9.47 Å². The number of aliphatic hydroxyl groups excluding tert-OH is 2. The summed E-state index contributed by atoms with van der Waals surface area (Å²) in [6.07, 6.45) is 0.280. The van der Waals surface area contributed by atoms with Crippen LogP contribution in [0.1, 0.15) is 80.6 Å². The number of ether oxygens (including phenoxy) is 2. The molecule has 0 amide bonds. The van der Waals surface area contributed by atoms with Gasteiger partial charge in [0.25, 0.3) is 0 Å². The van der Waals surface area contributed by atoms with Crippen LogP contribution in [0.15, 0.2) is 23.3 Å². The Labute approximate surface area is 198 Å². The highest BCUT2D eigenvalue weighted by Crippen LogP contribution is 2.59. The van der Waals surface area contributed by atoms with Crippen molar-refractivity contribution in [2.45, 2.75) is 105 Å². The number of fused-ring (bicyclic) bond motifs is 3. The van der Waals surface area contributed by atoms with E-state index in [1.165, 1.54) is 6.92 Å². The predicted octanol–water partition coefficient (Wildman–Crippen LogP) is 4.34. The van der Waals surface area contributed by atoms with Crippen LogP contribution in [0.3, 0.4) is 0 Å². The summed E-state index contributed by atoms with van der Waals surface area (Å²) in [7, 11) is 0. The first-order valence-corrected chi connectivity index (χ1v) is 12.4. The van der Waals surface area contributed by atoms with Crippen molar-refractivity contribution in [3.63, 3.8) is 0 Å². The number of carbonyl (C=O) groups excluding carboxylic acids is 2. The molecule has 8 atom stereocenters. The first kappa shape index (κ1) is 26.0. The molecule has 0 aromatic carbocycles. The fourth-order valence-corrected chi connectivity index (χ4v) is 6.78. The number of carbonyl (C=O) groups is 2. The van der Waals surface area contributed by atoms with E-state index in [2.05, 4.69) is 20.4 Å². The molecule has 0 aromatic heterocycles. The minimum Gasteiger partial charge on any atom is -0.461 e. The molecule has 0 aliphatic heterocycles. The summed E-state index contributed by atoms with van der Waals surface area (Å²) in [5.41, 5.74) is 1.82. The number of rotatable bonds is 4. The van der Waals surface area contributed by atoms with Crippen molar-refractivity contribution in [3.8, 4) is 0 Å². The van der Waals surface area contributed by atoms with Gasteiger partial charge in [-0.1, -0.05) is 46.8 Å². The lowest BCUT2D eigenvalue weighted by atomic mass is 9.50. The van der Waals surface area contributed by atoms with Gasteiger partial charge in [-0.05, 0) is 48.7 Å². The van der Waals surface area contributed by atoms with Gasteiger partial charge in [0.15, 0.2) is 0 Å². The van der Waals surface area contributed by atoms with Crippen LogP contribution in [0.2, 0.25) is 0 Å². The lowest BCUT2D eigenvalue weighted by Gasteiger charge is -2.57. The van der Waals surface area contributed by atoms with Crippen molar-refractivity contribution in [1.29, 1.82) is 0 Å².